The SMILES string of the molecule is COCC1CN(S(=O)(=O)c2cccc3nsnc23)CC1c1ccccn1. The highest BCUT2D eigenvalue weighted by Gasteiger charge is 2.41. The van der Waals surface area contributed by atoms with E-state index in [2.05, 4.69) is 13.7 Å². The molecule has 1 saturated heterocycles. The average Bonchev–Trinajstić information content (AvgIpc) is 3.29. The minimum atomic E-state index is -3.67. The molecule has 0 saturated carbocycles. The molecular formula is C17H18N4O3S2. The van der Waals surface area contributed by atoms with Gasteiger partial charge in [-0.25, -0.2) is 8.42 Å². The highest BCUT2D eigenvalue weighted by molar-refractivity contribution is 7.89. The zero-order chi connectivity index (χ0) is 18.1. The molecule has 2 atom stereocenters. The highest BCUT2D eigenvalue weighted by Crippen LogP contribution is 2.36. The Balaban J connectivity index is 1.70. The van der Waals surface area contributed by atoms with Crippen molar-refractivity contribution in [2.75, 3.05) is 26.8 Å². The van der Waals surface area contributed by atoms with Crippen LogP contribution in [0.1, 0.15) is 11.6 Å². The molecule has 0 N–H and O–H groups in total. The largest absolute Gasteiger partial charge is 0.384 e. The molecule has 1 aliphatic rings. The predicted octanol–water partition coefficient (Wildman–Crippen LogP) is 2.14. The van der Waals surface area contributed by atoms with E-state index < -0.39 is 10.0 Å². The van der Waals surface area contributed by atoms with Gasteiger partial charge in [-0.15, -0.1) is 0 Å². The lowest BCUT2D eigenvalue weighted by Gasteiger charge is -2.16. The van der Waals surface area contributed by atoms with E-state index in [1.165, 1.54) is 4.31 Å². The van der Waals surface area contributed by atoms with Gasteiger partial charge in [-0.1, -0.05) is 12.1 Å². The molecule has 9 heteroatoms. The summed E-state index contributed by atoms with van der Waals surface area (Å²) in [6.45, 7) is 1.25. The minimum absolute atomic E-state index is 0.00122. The fourth-order valence-corrected chi connectivity index (χ4v) is 5.75. The molecule has 26 heavy (non-hydrogen) atoms. The smallest absolute Gasteiger partial charge is 0.245 e. The fourth-order valence-electron chi connectivity index (χ4n) is 3.47. The Morgan fingerprint density at radius 3 is 2.85 bits per heavy atom. The summed E-state index contributed by atoms with van der Waals surface area (Å²) in [7, 11) is -2.04. The summed E-state index contributed by atoms with van der Waals surface area (Å²) in [5.74, 6) is 0.0520. The van der Waals surface area contributed by atoms with Crippen LogP contribution in [0.15, 0.2) is 47.5 Å². The Morgan fingerprint density at radius 2 is 2.08 bits per heavy atom. The predicted molar refractivity (Wildman–Crippen MR) is 98.5 cm³/mol. The minimum Gasteiger partial charge on any atom is -0.384 e. The molecule has 0 radical (unpaired) electrons. The quantitative estimate of drug-likeness (QED) is 0.663. The van der Waals surface area contributed by atoms with Crippen LogP contribution in [-0.4, -0.2) is 53.3 Å². The fraction of sp³-hybridized carbons (Fsp3) is 0.353. The lowest BCUT2D eigenvalue weighted by atomic mass is 9.93. The average molecular weight is 390 g/mol. The molecule has 3 aromatic rings. The van der Waals surface area contributed by atoms with E-state index in [1.54, 1.807) is 31.5 Å². The zero-order valence-electron chi connectivity index (χ0n) is 14.1. The Bertz CT molecular complexity index is 1010. The summed E-state index contributed by atoms with van der Waals surface area (Å²) >= 11 is 1.02. The van der Waals surface area contributed by atoms with Gasteiger partial charge in [0.1, 0.15) is 15.9 Å². The second-order valence-electron chi connectivity index (χ2n) is 6.29. The topological polar surface area (TPSA) is 85.3 Å². The van der Waals surface area contributed by atoms with Crippen molar-refractivity contribution in [3.63, 3.8) is 0 Å². The van der Waals surface area contributed by atoms with Crippen molar-refractivity contribution in [1.29, 1.82) is 0 Å². The molecular weight excluding hydrogens is 372 g/mol. The number of hydrogen-bond donors (Lipinski definition) is 0. The Hall–Kier alpha value is -1.94. The van der Waals surface area contributed by atoms with Crippen LogP contribution >= 0.6 is 11.7 Å². The third kappa shape index (κ3) is 3.01. The van der Waals surface area contributed by atoms with E-state index in [0.29, 0.717) is 30.7 Å². The summed E-state index contributed by atoms with van der Waals surface area (Å²) in [6, 6.07) is 10.8. The van der Waals surface area contributed by atoms with Gasteiger partial charge >= 0.3 is 0 Å². The second-order valence-corrected chi connectivity index (χ2v) is 8.72. The van der Waals surface area contributed by atoms with Gasteiger partial charge in [0.2, 0.25) is 10.0 Å². The van der Waals surface area contributed by atoms with Crippen LogP contribution in [0.25, 0.3) is 11.0 Å². The van der Waals surface area contributed by atoms with Crippen molar-refractivity contribution in [1.82, 2.24) is 18.0 Å². The number of benzene rings is 1. The van der Waals surface area contributed by atoms with Crippen molar-refractivity contribution in [2.45, 2.75) is 10.8 Å². The number of sulfonamides is 1. The number of hydrogen-bond acceptors (Lipinski definition) is 7. The summed E-state index contributed by atoms with van der Waals surface area (Å²) in [5, 5.41) is 0. The van der Waals surface area contributed by atoms with Gasteiger partial charge in [0.25, 0.3) is 0 Å². The van der Waals surface area contributed by atoms with Gasteiger partial charge < -0.3 is 4.74 Å². The van der Waals surface area contributed by atoms with Crippen LogP contribution in [-0.2, 0) is 14.8 Å². The van der Waals surface area contributed by atoms with Crippen LogP contribution in [0.4, 0.5) is 0 Å². The number of methoxy groups -OCH3 is 1. The maximum atomic E-state index is 13.3. The third-order valence-electron chi connectivity index (χ3n) is 4.72. The van der Waals surface area contributed by atoms with E-state index >= 15 is 0 Å². The third-order valence-corrected chi connectivity index (χ3v) is 7.13. The number of rotatable bonds is 5. The van der Waals surface area contributed by atoms with E-state index in [9.17, 15) is 8.42 Å². The molecule has 1 fully saturated rings. The van der Waals surface area contributed by atoms with Crippen molar-refractivity contribution in [3.8, 4) is 0 Å². The van der Waals surface area contributed by atoms with Gasteiger partial charge in [-0.2, -0.15) is 13.1 Å². The zero-order valence-corrected chi connectivity index (χ0v) is 15.8. The van der Waals surface area contributed by atoms with E-state index in [4.69, 9.17) is 4.74 Å². The van der Waals surface area contributed by atoms with E-state index in [1.807, 2.05) is 18.2 Å². The van der Waals surface area contributed by atoms with E-state index in [0.717, 1.165) is 17.4 Å². The molecule has 2 unspecified atom stereocenters. The molecule has 1 aliphatic heterocycles. The number of nitrogens with zero attached hydrogens (tertiary/aromatic N) is 4. The monoisotopic (exact) mass is 390 g/mol. The van der Waals surface area contributed by atoms with Gasteiger partial charge in [0.05, 0.1) is 18.3 Å². The summed E-state index contributed by atoms with van der Waals surface area (Å²) < 4.78 is 41.7. The van der Waals surface area contributed by atoms with Crippen LogP contribution < -0.4 is 0 Å². The first-order valence-corrected chi connectivity index (χ1v) is 10.4. The molecule has 1 aromatic carbocycles. The van der Waals surface area contributed by atoms with Crippen molar-refractivity contribution in [3.05, 3.63) is 48.3 Å². The summed E-state index contributed by atoms with van der Waals surface area (Å²) in [4.78, 5) is 4.64. The molecule has 0 aliphatic carbocycles. The molecule has 4 rings (SSSR count). The van der Waals surface area contributed by atoms with Gasteiger partial charge in [0, 0.05) is 43.9 Å². The normalized spacial score (nSPS) is 21.4. The van der Waals surface area contributed by atoms with Gasteiger partial charge in [-0.3, -0.25) is 4.98 Å². The maximum Gasteiger partial charge on any atom is 0.245 e. The first kappa shape index (κ1) is 17.5. The summed E-state index contributed by atoms with van der Waals surface area (Å²) in [6.07, 6.45) is 1.73. The van der Waals surface area contributed by atoms with Crippen molar-refractivity contribution in [2.24, 2.45) is 5.92 Å². The van der Waals surface area contributed by atoms with Crippen LogP contribution in [0.3, 0.4) is 0 Å². The number of ether oxygens (including phenoxy) is 1. The lowest BCUT2D eigenvalue weighted by Crippen LogP contribution is -2.29. The van der Waals surface area contributed by atoms with Crippen LogP contribution in [0.5, 0.6) is 0 Å². The molecule has 136 valence electrons. The molecule has 0 amide bonds. The molecule has 0 spiro atoms. The van der Waals surface area contributed by atoms with Crippen LogP contribution in [0, 0.1) is 5.92 Å². The highest BCUT2D eigenvalue weighted by atomic mass is 32.2. The van der Waals surface area contributed by atoms with Gasteiger partial charge in [0.15, 0.2) is 0 Å². The molecule has 7 nitrogen and oxygen atoms in total. The van der Waals surface area contributed by atoms with Crippen molar-refractivity contribution < 1.29 is 13.2 Å². The van der Waals surface area contributed by atoms with Crippen LogP contribution in [0.2, 0.25) is 0 Å². The molecule has 0 bridgehead atoms. The van der Waals surface area contributed by atoms with E-state index in [-0.39, 0.29) is 16.7 Å². The maximum absolute atomic E-state index is 13.3. The Labute approximate surface area is 156 Å². The lowest BCUT2D eigenvalue weighted by molar-refractivity contribution is 0.150. The first-order chi connectivity index (χ1) is 12.6. The number of fused-ring (bicyclic) bond motifs is 1. The standard InChI is InChI=1S/C17H18N4O3S2/c1-24-11-12-9-21(10-13(12)14-5-2-3-8-18-14)26(22,23)16-7-4-6-15-17(16)20-25-19-15/h2-8,12-13H,9-11H2,1H3. The Morgan fingerprint density at radius 1 is 1.19 bits per heavy atom. The number of pyridine rings is 1. The second kappa shape index (κ2) is 6.99. The molecule has 3 heterocycles. The summed E-state index contributed by atoms with van der Waals surface area (Å²) in [5.41, 5.74) is 1.92. The van der Waals surface area contributed by atoms with Gasteiger partial charge in [-0.05, 0) is 24.3 Å². The molecule has 2 aromatic heterocycles. The van der Waals surface area contributed by atoms with Crippen molar-refractivity contribution >= 4 is 32.8 Å². The Kier molecular flexibility index (Phi) is 4.70. The number of aromatic nitrogens is 3. The first-order valence-electron chi connectivity index (χ1n) is 8.22.